The number of carbonyl (C=O) groups is 1. The van der Waals surface area contributed by atoms with Crippen molar-refractivity contribution in [2.24, 2.45) is 5.41 Å². The van der Waals surface area contributed by atoms with Gasteiger partial charge in [0.15, 0.2) is 0 Å². The van der Waals surface area contributed by atoms with Gasteiger partial charge in [0, 0.05) is 6.04 Å². The van der Waals surface area contributed by atoms with Crippen LogP contribution in [0.5, 0.6) is 0 Å². The average molecular weight is 262 g/mol. The second-order valence-corrected chi connectivity index (χ2v) is 5.11. The van der Waals surface area contributed by atoms with Gasteiger partial charge >= 0.3 is 5.97 Å². The van der Waals surface area contributed by atoms with Gasteiger partial charge in [0.05, 0.1) is 5.41 Å². The molecule has 1 heterocycles. The quantitative estimate of drug-likeness (QED) is 0.757. The number of benzene rings is 1. The molecule has 4 nitrogen and oxygen atoms in total. The minimum atomic E-state index is -0.706. The van der Waals surface area contributed by atoms with Gasteiger partial charge in [-0.05, 0) is 38.0 Å². The van der Waals surface area contributed by atoms with Crippen LogP contribution in [0.15, 0.2) is 30.3 Å². The highest BCUT2D eigenvalue weighted by Crippen LogP contribution is 2.41. The fourth-order valence-electron chi connectivity index (χ4n) is 2.98. The molecule has 0 bridgehead atoms. The van der Waals surface area contributed by atoms with E-state index in [0.29, 0.717) is 12.8 Å². The number of nitrogens with one attached hydrogen (secondary N) is 2. The predicted octanol–water partition coefficient (Wildman–Crippen LogP) is 1.79. The molecule has 104 valence electrons. The van der Waals surface area contributed by atoms with Gasteiger partial charge in [0.1, 0.15) is 0 Å². The maximum atomic E-state index is 11.9. The number of carboxylic acid groups (broad SMARTS) is 1. The maximum Gasteiger partial charge on any atom is 0.311 e. The number of rotatable bonds is 5. The number of hydrogen-bond donors (Lipinski definition) is 3. The zero-order valence-electron chi connectivity index (χ0n) is 11.4. The third kappa shape index (κ3) is 2.80. The minimum Gasteiger partial charge on any atom is -0.481 e. The van der Waals surface area contributed by atoms with Crippen molar-refractivity contribution in [3.63, 3.8) is 0 Å². The van der Waals surface area contributed by atoms with Gasteiger partial charge in [-0.3, -0.25) is 4.79 Å². The maximum absolute atomic E-state index is 11.9. The van der Waals surface area contributed by atoms with Crippen molar-refractivity contribution in [1.82, 2.24) is 10.6 Å². The summed E-state index contributed by atoms with van der Waals surface area (Å²) < 4.78 is 0. The second-order valence-electron chi connectivity index (χ2n) is 5.11. The Bertz CT molecular complexity index is 413. The van der Waals surface area contributed by atoms with E-state index in [1.807, 2.05) is 37.3 Å². The van der Waals surface area contributed by atoms with Gasteiger partial charge in [0.25, 0.3) is 0 Å². The Labute approximate surface area is 114 Å². The fourth-order valence-corrected chi connectivity index (χ4v) is 2.98. The number of carboxylic acids is 1. The molecular weight excluding hydrogens is 240 g/mol. The lowest BCUT2D eigenvalue weighted by atomic mass is 9.70. The third-order valence-corrected chi connectivity index (χ3v) is 4.02. The first-order chi connectivity index (χ1) is 9.20. The lowest BCUT2D eigenvalue weighted by molar-refractivity contribution is -0.153. The van der Waals surface area contributed by atoms with Crippen molar-refractivity contribution in [3.05, 3.63) is 35.9 Å². The predicted molar refractivity (Wildman–Crippen MR) is 75.0 cm³/mol. The summed E-state index contributed by atoms with van der Waals surface area (Å²) in [7, 11) is 0. The lowest BCUT2D eigenvalue weighted by Gasteiger charge is -2.41. The Morgan fingerprint density at radius 2 is 2.00 bits per heavy atom. The van der Waals surface area contributed by atoms with E-state index in [1.165, 1.54) is 0 Å². The van der Waals surface area contributed by atoms with Gasteiger partial charge in [-0.2, -0.15) is 0 Å². The number of aliphatic carboxylic acids is 1. The molecule has 1 aliphatic rings. The number of hydrogen-bond acceptors (Lipinski definition) is 3. The minimum absolute atomic E-state index is 0.127. The Kier molecular flexibility index (Phi) is 4.56. The molecule has 0 amide bonds. The molecule has 19 heavy (non-hydrogen) atoms. The zero-order chi connectivity index (χ0) is 13.7. The molecule has 0 aromatic heterocycles. The second kappa shape index (κ2) is 6.17. The highest BCUT2D eigenvalue weighted by molar-refractivity contribution is 5.76. The number of piperidine rings is 1. The molecule has 0 radical (unpaired) electrons. The molecular formula is C15H22N2O2. The molecule has 1 fully saturated rings. The van der Waals surface area contributed by atoms with Crippen LogP contribution in [0, 0.1) is 5.41 Å². The van der Waals surface area contributed by atoms with Crippen LogP contribution in [0.1, 0.15) is 31.4 Å². The average Bonchev–Trinajstić information content (AvgIpc) is 2.46. The topological polar surface area (TPSA) is 61.4 Å². The summed E-state index contributed by atoms with van der Waals surface area (Å²) in [5.41, 5.74) is 0.358. The van der Waals surface area contributed by atoms with Crippen LogP contribution in [0.4, 0.5) is 0 Å². The van der Waals surface area contributed by atoms with E-state index < -0.39 is 11.4 Å². The van der Waals surface area contributed by atoms with E-state index in [0.717, 1.165) is 25.2 Å². The van der Waals surface area contributed by atoms with Crippen molar-refractivity contribution in [2.75, 3.05) is 19.6 Å². The van der Waals surface area contributed by atoms with Crippen molar-refractivity contribution in [3.8, 4) is 0 Å². The fraction of sp³-hybridized carbons (Fsp3) is 0.533. The van der Waals surface area contributed by atoms with Crippen LogP contribution >= 0.6 is 0 Å². The summed E-state index contributed by atoms with van der Waals surface area (Å²) in [6, 6.07) is 9.80. The largest absolute Gasteiger partial charge is 0.481 e. The van der Waals surface area contributed by atoms with Crippen molar-refractivity contribution in [1.29, 1.82) is 0 Å². The van der Waals surface area contributed by atoms with Gasteiger partial charge in [-0.1, -0.05) is 37.3 Å². The zero-order valence-corrected chi connectivity index (χ0v) is 11.4. The first kappa shape index (κ1) is 14.0. The molecule has 3 N–H and O–H groups in total. The molecule has 1 unspecified atom stereocenters. The Morgan fingerprint density at radius 1 is 1.37 bits per heavy atom. The van der Waals surface area contributed by atoms with E-state index in [4.69, 9.17) is 0 Å². The van der Waals surface area contributed by atoms with E-state index in [-0.39, 0.29) is 6.04 Å². The lowest BCUT2D eigenvalue weighted by Crippen LogP contribution is -2.50. The molecule has 1 saturated heterocycles. The monoisotopic (exact) mass is 262 g/mol. The van der Waals surface area contributed by atoms with Crippen LogP contribution in [0.3, 0.4) is 0 Å². The van der Waals surface area contributed by atoms with Gasteiger partial charge in [0.2, 0.25) is 0 Å². The molecule has 1 aromatic rings. The van der Waals surface area contributed by atoms with Crippen molar-refractivity contribution >= 4 is 5.97 Å². The standard InChI is InChI=1S/C15H22N2O2/c1-2-17-13(12-6-4-3-5-7-12)15(14(18)19)8-10-16-11-9-15/h3-7,13,16-17H,2,8-11H2,1H3,(H,18,19). The molecule has 4 heteroatoms. The summed E-state index contributed by atoms with van der Waals surface area (Å²) >= 11 is 0. The summed E-state index contributed by atoms with van der Waals surface area (Å²) in [5.74, 6) is -0.691. The van der Waals surface area contributed by atoms with Crippen molar-refractivity contribution < 1.29 is 9.90 Å². The smallest absolute Gasteiger partial charge is 0.311 e. The van der Waals surface area contributed by atoms with E-state index in [1.54, 1.807) is 0 Å². The molecule has 0 aliphatic carbocycles. The van der Waals surface area contributed by atoms with Gasteiger partial charge < -0.3 is 15.7 Å². The molecule has 1 aliphatic heterocycles. The Balaban J connectivity index is 2.37. The van der Waals surface area contributed by atoms with E-state index >= 15 is 0 Å². The van der Waals surface area contributed by atoms with Crippen LogP contribution < -0.4 is 10.6 Å². The van der Waals surface area contributed by atoms with E-state index in [2.05, 4.69) is 10.6 Å². The van der Waals surface area contributed by atoms with E-state index in [9.17, 15) is 9.90 Å². The summed E-state index contributed by atoms with van der Waals surface area (Å²) in [6.45, 7) is 4.32. The molecule has 0 saturated carbocycles. The van der Waals surface area contributed by atoms with Gasteiger partial charge in [-0.15, -0.1) is 0 Å². The first-order valence-corrected chi connectivity index (χ1v) is 6.93. The molecule has 0 spiro atoms. The summed E-state index contributed by atoms with van der Waals surface area (Å²) in [4.78, 5) is 11.9. The third-order valence-electron chi connectivity index (χ3n) is 4.02. The highest BCUT2D eigenvalue weighted by Gasteiger charge is 2.46. The van der Waals surface area contributed by atoms with Crippen LogP contribution in [-0.2, 0) is 4.79 Å². The summed E-state index contributed by atoms with van der Waals surface area (Å²) in [5, 5.41) is 16.4. The molecule has 1 aromatic carbocycles. The normalized spacial score (nSPS) is 19.8. The highest BCUT2D eigenvalue weighted by atomic mass is 16.4. The Hall–Kier alpha value is -1.39. The van der Waals surface area contributed by atoms with Crippen LogP contribution in [0.2, 0.25) is 0 Å². The summed E-state index contributed by atoms with van der Waals surface area (Å²) in [6.07, 6.45) is 1.32. The van der Waals surface area contributed by atoms with Crippen LogP contribution in [0.25, 0.3) is 0 Å². The SMILES string of the molecule is CCNC(c1ccccc1)C1(C(=O)O)CCNCC1. The van der Waals surface area contributed by atoms with Crippen molar-refractivity contribution in [2.45, 2.75) is 25.8 Å². The molecule has 1 atom stereocenters. The Morgan fingerprint density at radius 3 is 2.53 bits per heavy atom. The van der Waals surface area contributed by atoms with Gasteiger partial charge in [-0.25, -0.2) is 0 Å². The first-order valence-electron chi connectivity index (χ1n) is 6.93. The van der Waals surface area contributed by atoms with Crippen LogP contribution in [-0.4, -0.2) is 30.7 Å². The molecule has 2 rings (SSSR count).